The van der Waals surface area contributed by atoms with E-state index in [-0.39, 0.29) is 5.82 Å². The molecule has 23 heavy (non-hydrogen) atoms. The number of benzene rings is 1. The molecule has 0 amide bonds. The van der Waals surface area contributed by atoms with Gasteiger partial charge in [-0.1, -0.05) is 29.3 Å². The first-order chi connectivity index (χ1) is 11.3. The lowest BCUT2D eigenvalue weighted by Gasteiger charge is -1.95. The lowest BCUT2D eigenvalue weighted by Crippen LogP contribution is -1.92. The van der Waals surface area contributed by atoms with Crippen LogP contribution in [0.15, 0.2) is 53.2 Å². The van der Waals surface area contributed by atoms with Crippen LogP contribution < -0.4 is 0 Å². The summed E-state index contributed by atoms with van der Waals surface area (Å²) in [7, 11) is 0. The zero-order valence-electron chi connectivity index (χ0n) is 12.4. The molecule has 2 heterocycles. The minimum Gasteiger partial charge on any atom is -0.339 e. The molecule has 0 spiro atoms. The average Bonchev–Trinajstić information content (AvgIpc) is 3.00. The molecule has 3 aromatic rings. The van der Waals surface area contributed by atoms with Crippen molar-refractivity contribution < 1.29 is 8.91 Å². The third-order valence-electron chi connectivity index (χ3n) is 3.11. The van der Waals surface area contributed by atoms with Gasteiger partial charge in [0.25, 0.3) is 0 Å². The third kappa shape index (κ3) is 4.48. The predicted molar refractivity (Wildman–Crippen MR) is 82.9 cm³/mol. The summed E-state index contributed by atoms with van der Waals surface area (Å²) < 4.78 is 18.3. The fourth-order valence-electron chi connectivity index (χ4n) is 2.05. The summed E-state index contributed by atoms with van der Waals surface area (Å²) in [5.41, 5.74) is 1.55. The fourth-order valence-corrected chi connectivity index (χ4v) is 2.05. The summed E-state index contributed by atoms with van der Waals surface area (Å²) in [5.74, 6) is 6.81. The SMILES string of the molecule is Fc1cccc(Cc2noc(CCC#Cc3ccccn3)n2)c1. The lowest BCUT2D eigenvalue weighted by atomic mass is 10.1. The van der Waals surface area contributed by atoms with E-state index >= 15 is 0 Å². The number of hydrogen-bond donors (Lipinski definition) is 0. The van der Waals surface area contributed by atoms with Crippen molar-refractivity contribution in [1.82, 2.24) is 15.1 Å². The second-order valence-corrected chi connectivity index (χ2v) is 4.93. The monoisotopic (exact) mass is 307 g/mol. The number of aryl methyl sites for hydroxylation is 1. The Hall–Kier alpha value is -3.00. The molecule has 5 heteroatoms. The van der Waals surface area contributed by atoms with Gasteiger partial charge in [-0.2, -0.15) is 4.98 Å². The number of aromatic nitrogens is 3. The second-order valence-electron chi connectivity index (χ2n) is 4.93. The minimum atomic E-state index is -0.268. The first-order valence-electron chi connectivity index (χ1n) is 7.25. The van der Waals surface area contributed by atoms with Gasteiger partial charge in [-0.05, 0) is 35.7 Å². The van der Waals surface area contributed by atoms with Crippen LogP contribution in [0.2, 0.25) is 0 Å². The number of halogens is 1. The highest BCUT2D eigenvalue weighted by atomic mass is 19.1. The maximum Gasteiger partial charge on any atom is 0.227 e. The maximum atomic E-state index is 13.1. The highest BCUT2D eigenvalue weighted by molar-refractivity contribution is 5.26. The van der Waals surface area contributed by atoms with Crippen LogP contribution in [0, 0.1) is 17.7 Å². The van der Waals surface area contributed by atoms with Crippen LogP contribution in [0.5, 0.6) is 0 Å². The van der Waals surface area contributed by atoms with E-state index in [1.54, 1.807) is 12.3 Å². The zero-order chi connectivity index (χ0) is 15.9. The largest absolute Gasteiger partial charge is 0.339 e. The third-order valence-corrected chi connectivity index (χ3v) is 3.11. The molecule has 0 saturated heterocycles. The van der Waals surface area contributed by atoms with Crippen molar-refractivity contribution in [2.75, 3.05) is 0 Å². The fraction of sp³-hybridized carbons (Fsp3) is 0.167. The second kappa shape index (κ2) is 7.32. The van der Waals surface area contributed by atoms with Crippen LogP contribution >= 0.6 is 0 Å². The molecular formula is C18H14FN3O. The lowest BCUT2D eigenvalue weighted by molar-refractivity contribution is 0.375. The first kappa shape index (κ1) is 14.9. The Labute approximate surface area is 133 Å². The normalized spacial score (nSPS) is 10.1. The maximum absolute atomic E-state index is 13.1. The predicted octanol–water partition coefficient (Wildman–Crippen LogP) is 3.18. The highest BCUT2D eigenvalue weighted by Gasteiger charge is 2.07. The smallest absolute Gasteiger partial charge is 0.227 e. The summed E-state index contributed by atoms with van der Waals surface area (Å²) in [5, 5.41) is 3.91. The van der Waals surface area contributed by atoms with Crippen molar-refractivity contribution in [1.29, 1.82) is 0 Å². The Bertz CT molecular complexity index is 834. The Morgan fingerprint density at radius 3 is 2.91 bits per heavy atom. The van der Waals surface area contributed by atoms with Gasteiger partial charge in [0.1, 0.15) is 11.5 Å². The molecule has 1 aromatic carbocycles. The van der Waals surface area contributed by atoms with E-state index < -0.39 is 0 Å². The van der Waals surface area contributed by atoms with Gasteiger partial charge in [-0.25, -0.2) is 9.37 Å². The standard InChI is InChI=1S/C18H14FN3O/c19-15-7-5-6-14(12-15)13-17-21-18(23-22-17)10-2-1-8-16-9-3-4-11-20-16/h3-7,9,11-12H,2,10,13H2. The molecular weight excluding hydrogens is 293 g/mol. The van der Waals surface area contributed by atoms with Gasteiger partial charge in [0, 0.05) is 25.5 Å². The van der Waals surface area contributed by atoms with E-state index in [9.17, 15) is 4.39 Å². The number of nitrogens with zero attached hydrogens (tertiary/aromatic N) is 3. The van der Waals surface area contributed by atoms with E-state index in [4.69, 9.17) is 4.52 Å². The van der Waals surface area contributed by atoms with Gasteiger partial charge in [-0.3, -0.25) is 0 Å². The molecule has 0 saturated carbocycles. The molecule has 0 atom stereocenters. The van der Waals surface area contributed by atoms with Gasteiger partial charge >= 0.3 is 0 Å². The van der Waals surface area contributed by atoms with Crippen LogP contribution in [0.3, 0.4) is 0 Å². The van der Waals surface area contributed by atoms with E-state index in [1.165, 1.54) is 12.1 Å². The number of hydrogen-bond acceptors (Lipinski definition) is 4. The molecule has 0 bridgehead atoms. The van der Waals surface area contributed by atoms with Crippen molar-refractivity contribution in [2.45, 2.75) is 19.3 Å². The summed E-state index contributed by atoms with van der Waals surface area (Å²) >= 11 is 0. The van der Waals surface area contributed by atoms with Crippen LogP contribution in [0.25, 0.3) is 0 Å². The molecule has 0 unspecified atom stereocenters. The average molecular weight is 307 g/mol. The van der Waals surface area contributed by atoms with Crippen LogP contribution in [-0.2, 0) is 12.8 Å². The summed E-state index contributed by atoms with van der Waals surface area (Å²) in [6, 6.07) is 12.0. The van der Waals surface area contributed by atoms with E-state index in [0.29, 0.717) is 31.0 Å². The van der Waals surface area contributed by atoms with Crippen molar-refractivity contribution in [2.24, 2.45) is 0 Å². The van der Waals surface area contributed by atoms with Gasteiger partial charge in [0.2, 0.25) is 5.89 Å². The quantitative estimate of drug-likeness (QED) is 0.695. The van der Waals surface area contributed by atoms with Crippen molar-refractivity contribution in [3.8, 4) is 11.8 Å². The van der Waals surface area contributed by atoms with Crippen molar-refractivity contribution in [3.63, 3.8) is 0 Å². The molecule has 0 aliphatic heterocycles. The van der Waals surface area contributed by atoms with Crippen molar-refractivity contribution in [3.05, 3.63) is 77.5 Å². The molecule has 114 valence electrons. The van der Waals surface area contributed by atoms with Crippen LogP contribution in [0.4, 0.5) is 4.39 Å². The molecule has 0 aliphatic carbocycles. The molecule has 3 rings (SSSR count). The van der Waals surface area contributed by atoms with Gasteiger partial charge in [0.15, 0.2) is 5.82 Å². The molecule has 4 nitrogen and oxygen atoms in total. The molecule has 0 N–H and O–H groups in total. The Balaban J connectivity index is 1.54. The molecule has 0 radical (unpaired) electrons. The van der Waals surface area contributed by atoms with E-state index in [2.05, 4.69) is 27.0 Å². The van der Waals surface area contributed by atoms with Crippen molar-refractivity contribution >= 4 is 0 Å². The van der Waals surface area contributed by atoms with Crippen LogP contribution in [-0.4, -0.2) is 15.1 Å². The summed E-state index contributed by atoms with van der Waals surface area (Å²) in [4.78, 5) is 8.42. The first-order valence-corrected chi connectivity index (χ1v) is 7.25. The zero-order valence-corrected chi connectivity index (χ0v) is 12.4. The molecule has 0 aliphatic rings. The topological polar surface area (TPSA) is 51.8 Å². The van der Waals surface area contributed by atoms with Gasteiger partial charge in [-0.15, -0.1) is 0 Å². The number of pyridine rings is 1. The van der Waals surface area contributed by atoms with E-state index in [1.807, 2.05) is 24.3 Å². The Morgan fingerprint density at radius 2 is 2.09 bits per heavy atom. The molecule has 0 fully saturated rings. The molecule has 2 aromatic heterocycles. The van der Waals surface area contributed by atoms with Gasteiger partial charge in [0.05, 0.1) is 0 Å². The Morgan fingerprint density at radius 1 is 1.13 bits per heavy atom. The Kier molecular flexibility index (Phi) is 4.75. The van der Waals surface area contributed by atoms with Gasteiger partial charge < -0.3 is 4.52 Å². The minimum absolute atomic E-state index is 0.268. The number of rotatable bonds is 4. The van der Waals surface area contributed by atoms with E-state index in [0.717, 1.165) is 11.3 Å². The van der Waals surface area contributed by atoms with Crippen LogP contribution in [0.1, 0.15) is 29.4 Å². The summed E-state index contributed by atoms with van der Waals surface area (Å²) in [6.45, 7) is 0. The highest BCUT2D eigenvalue weighted by Crippen LogP contribution is 2.09. The summed E-state index contributed by atoms with van der Waals surface area (Å²) in [6.07, 6.45) is 3.34.